The van der Waals surface area contributed by atoms with E-state index in [4.69, 9.17) is 23.2 Å². The second kappa shape index (κ2) is 9.08. The molecule has 0 fully saturated rings. The molecule has 0 aliphatic carbocycles. The first-order valence-corrected chi connectivity index (χ1v) is 11.0. The Morgan fingerprint density at radius 1 is 1.00 bits per heavy atom. The molecule has 0 saturated carbocycles. The van der Waals surface area contributed by atoms with Gasteiger partial charge in [-0.25, -0.2) is 0 Å². The van der Waals surface area contributed by atoms with Crippen LogP contribution in [0.15, 0.2) is 77.8 Å². The smallest absolute Gasteiger partial charge is 0.288 e. The topological polar surface area (TPSA) is 77.5 Å². The Morgan fingerprint density at radius 3 is 2.34 bits per heavy atom. The highest BCUT2D eigenvalue weighted by Gasteiger charge is 2.18. The van der Waals surface area contributed by atoms with Crippen molar-refractivity contribution >= 4 is 46.1 Å². The third-order valence-corrected chi connectivity index (χ3v) is 6.52. The number of rotatable bonds is 4. The molecular formula is C23H15Cl2N3O3S. The van der Waals surface area contributed by atoms with Gasteiger partial charge in [-0.2, -0.15) is 4.99 Å². The van der Waals surface area contributed by atoms with Gasteiger partial charge in [0.15, 0.2) is 4.80 Å². The molecular weight excluding hydrogens is 469 g/mol. The van der Waals surface area contributed by atoms with Crippen molar-refractivity contribution in [1.82, 2.24) is 4.57 Å². The molecule has 0 radical (unpaired) electrons. The van der Waals surface area contributed by atoms with Gasteiger partial charge < -0.3 is 4.57 Å². The summed E-state index contributed by atoms with van der Waals surface area (Å²) in [6, 6.07) is 21.1. The number of benzene rings is 3. The van der Waals surface area contributed by atoms with E-state index in [1.807, 2.05) is 54.1 Å². The first-order chi connectivity index (χ1) is 15.3. The zero-order chi connectivity index (χ0) is 22.8. The van der Waals surface area contributed by atoms with E-state index in [1.165, 1.54) is 23.5 Å². The van der Waals surface area contributed by atoms with Crippen LogP contribution in [0, 0.1) is 10.1 Å². The van der Waals surface area contributed by atoms with Crippen molar-refractivity contribution in [3.63, 3.8) is 0 Å². The summed E-state index contributed by atoms with van der Waals surface area (Å²) in [6.07, 6.45) is 0. The predicted molar refractivity (Wildman–Crippen MR) is 127 cm³/mol. The molecule has 9 heteroatoms. The minimum absolute atomic E-state index is 0.0374. The van der Waals surface area contributed by atoms with Crippen LogP contribution in [0.1, 0.15) is 10.4 Å². The van der Waals surface area contributed by atoms with Crippen LogP contribution in [0.25, 0.3) is 21.7 Å². The van der Waals surface area contributed by atoms with Gasteiger partial charge in [-0.1, -0.05) is 77.0 Å². The van der Waals surface area contributed by atoms with Gasteiger partial charge in [-0.05, 0) is 35.4 Å². The first kappa shape index (κ1) is 22.0. The lowest BCUT2D eigenvalue weighted by molar-refractivity contribution is -0.384. The number of aromatic nitrogens is 1. The highest BCUT2D eigenvalue weighted by Crippen LogP contribution is 2.34. The summed E-state index contributed by atoms with van der Waals surface area (Å²) >= 11 is 13.3. The summed E-state index contributed by atoms with van der Waals surface area (Å²) in [5, 5.41) is 11.7. The Bertz CT molecular complexity index is 1390. The van der Waals surface area contributed by atoms with Gasteiger partial charge in [-0.15, -0.1) is 0 Å². The van der Waals surface area contributed by atoms with Crippen LogP contribution >= 0.6 is 34.5 Å². The minimum Gasteiger partial charge on any atom is -0.319 e. The lowest BCUT2D eigenvalue weighted by Crippen LogP contribution is -2.14. The Morgan fingerprint density at radius 2 is 1.69 bits per heavy atom. The monoisotopic (exact) mass is 483 g/mol. The molecule has 4 rings (SSSR count). The molecule has 3 aromatic carbocycles. The number of hydrogen-bond donors (Lipinski definition) is 0. The van der Waals surface area contributed by atoms with Crippen LogP contribution in [0.3, 0.4) is 0 Å². The molecule has 1 amide bonds. The van der Waals surface area contributed by atoms with Gasteiger partial charge in [0, 0.05) is 23.7 Å². The number of nitro groups is 1. The van der Waals surface area contributed by atoms with Gasteiger partial charge in [0.1, 0.15) is 5.02 Å². The van der Waals surface area contributed by atoms with Crippen LogP contribution in [0.5, 0.6) is 0 Å². The highest BCUT2D eigenvalue weighted by molar-refractivity contribution is 7.13. The summed E-state index contributed by atoms with van der Waals surface area (Å²) in [6.45, 7) is 0. The van der Waals surface area contributed by atoms with Crippen molar-refractivity contribution in [1.29, 1.82) is 0 Å². The lowest BCUT2D eigenvalue weighted by atomic mass is 10.1. The number of halogens is 2. The molecule has 0 aliphatic heterocycles. The number of nitro benzene ring substituents is 1. The summed E-state index contributed by atoms with van der Waals surface area (Å²) in [5.74, 6) is -0.594. The van der Waals surface area contributed by atoms with E-state index in [0.717, 1.165) is 27.8 Å². The Balaban J connectivity index is 1.87. The molecule has 0 bridgehead atoms. The van der Waals surface area contributed by atoms with Crippen LogP contribution in [-0.2, 0) is 7.05 Å². The quantitative estimate of drug-likeness (QED) is 0.249. The second-order valence-electron chi connectivity index (χ2n) is 6.83. The molecule has 0 saturated heterocycles. The van der Waals surface area contributed by atoms with Crippen molar-refractivity contribution < 1.29 is 9.72 Å². The van der Waals surface area contributed by atoms with Gasteiger partial charge in [-0.3, -0.25) is 14.9 Å². The van der Waals surface area contributed by atoms with Gasteiger partial charge in [0.2, 0.25) is 0 Å². The van der Waals surface area contributed by atoms with Crippen LogP contribution in [-0.4, -0.2) is 15.4 Å². The Kier molecular flexibility index (Phi) is 6.23. The van der Waals surface area contributed by atoms with E-state index in [1.54, 1.807) is 12.1 Å². The molecule has 0 unspecified atom stereocenters. The van der Waals surface area contributed by atoms with E-state index < -0.39 is 10.8 Å². The average molecular weight is 484 g/mol. The number of hydrogen-bond acceptors (Lipinski definition) is 4. The minimum atomic E-state index is -0.629. The molecule has 0 atom stereocenters. The number of carbonyl (C=O) groups excluding carboxylic acids is 1. The fraction of sp³-hybridized carbons (Fsp3) is 0.0435. The van der Waals surface area contributed by atoms with Crippen LogP contribution in [0.4, 0.5) is 5.69 Å². The average Bonchev–Trinajstić information content (AvgIpc) is 3.11. The van der Waals surface area contributed by atoms with Crippen molar-refractivity contribution in [2.45, 2.75) is 0 Å². The van der Waals surface area contributed by atoms with E-state index in [0.29, 0.717) is 9.82 Å². The third-order valence-electron chi connectivity index (χ3n) is 4.77. The van der Waals surface area contributed by atoms with Crippen molar-refractivity contribution in [2.24, 2.45) is 12.0 Å². The molecule has 4 aromatic rings. The number of nitrogens with zero attached hydrogens (tertiary/aromatic N) is 3. The molecule has 160 valence electrons. The van der Waals surface area contributed by atoms with E-state index in [9.17, 15) is 14.9 Å². The van der Waals surface area contributed by atoms with E-state index in [2.05, 4.69) is 4.99 Å². The zero-order valence-corrected chi connectivity index (χ0v) is 19.0. The Labute approximate surface area is 197 Å². The zero-order valence-electron chi connectivity index (χ0n) is 16.7. The van der Waals surface area contributed by atoms with Crippen LogP contribution in [0.2, 0.25) is 10.0 Å². The van der Waals surface area contributed by atoms with Crippen molar-refractivity contribution in [3.05, 3.63) is 103 Å². The summed E-state index contributed by atoms with van der Waals surface area (Å²) in [4.78, 5) is 29.0. The summed E-state index contributed by atoms with van der Waals surface area (Å²) < 4.78 is 1.83. The van der Waals surface area contributed by atoms with Crippen LogP contribution < -0.4 is 4.80 Å². The molecule has 0 N–H and O–H groups in total. The molecule has 0 spiro atoms. The van der Waals surface area contributed by atoms with E-state index >= 15 is 0 Å². The number of thiazole rings is 1. The maximum absolute atomic E-state index is 12.8. The third kappa shape index (κ3) is 4.36. The maximum Gasteiger partial charge on any atom is 0.288 e. The molecule has 32 heavy (non-hydrogen) atoms. The summed E-state index contributed by atoms with van der Waals surface area (Å²) in [7, 11) is 1.82. The largest absolute Gasteiger partial charge is 0.319 e. The molecule has 1 heterocycles. The summed E-state index contributed by atoms with van der Waals surface area (Å²) in [5.41, 5.74) is 2.53. The maximum atomic E-state index is 12.8. The van der Waals surface area contributed by atoms with Gasteiger partial charge in [0.05, 0.1) is 15.5 Å². The first-order valence-electron chi connectivity index (χ1n) is 9.39. The standard InChI is InChI=1S/C23H15Cl2N3O3S/c1-27-20(14-7-10-17(24)11-8-14)21(15-5-3-2-4-6-15)32-23(27)26-22(29)16-9-12-18(25)19(13-16)28(30)31/h2-13H,1H3. The van der Waals surface area contributed by atoms with Crippen molar-refractivity contribution in [3.8, 4) is 21.7 Å². The van der Waals surface area contributed by atoms with Gasteiger partial charge in [0.25, 0.3) is 11.6 Å². The SMILES string of the molecule is Cn1c(-c2ccc(Cl)cc2)c(-c2ccccc2)sc1=NC(=O)c1ccc(Cl)c([N+](=O)[O-])c1. The van der Waals surface area contributed by atoms with Crippen molar-refractivity contribution in [2.75, 3.05) is 0 Å². The van der Waals surface area contributed by atoms with Gasteiger partial charge >= 0.3 is 0 Å². The molecule has 6 nitrogen and oxygen atoms in total. The lowest BCUT2D eigenvalue weighted by Gasteiger charge is -2.07. The Hall–Kier alpha value is -3.26. The molecule has 0 aliphatic rings. The normalized spacial score (nSPS) is 11.5. The molecule has 1 aromatic heterocycles. The number of carbonyl (C=O) groups is 1. The highest BCUT2D eigenvalue weighted by atomic mass is 35.5. The second-order valence-corrected chi connectivity index (χ2v) is 8.66. The number of amides is 1. The van der Waals surface area contributed by atoms with E-state index in [-0.39, 0.29) is 16.3 Å². The fourth-order valence-corrected chi connectivity index (χ4v) is 4.67. The fourth-order valence-electron chi connectivity index (χ4n) is 3.21. The predicted octanol–water partition coefficient (Wildman–Crippen LogP) is 6.38.